The second-order valence-corrected chi connectivity index (χ2v) is 5.99. The number of ether oxygens (including phenoxy) is 2. The van der Waals surface area contributed by atoms with E-state index in [9.17, 15) is 4.79 Å². The number of nitrogens with one attached hydrogen (secondary N) is 2. The van der Waals surface area contributed by atoms with Crippen molar-refractivity contribution < 1.29 is 14.3 Å². The predicted octanol–water partition coefficient (Wildman–Crippen LogP) is 3.21. The summed E-state index contributed by atoms with van der Waals surface area (Å²) < 4.78 is 10.5. The van der Waals surface area contributed by atoms with Crippen molar-refractivity contribution in [2.24, 2.45) is 0 Å². The molecule has 144 valence electrons. The van der Waals surface area contributed by atoms with Gasteiger partial charge in [-0.15, -0.1) is 10.2 Å². The Hall–Kier alpha value is -3.61. The lowest BCUT2D eigenvalue weighted by Crippen LogP contribution is -2.26. The number of benzene rings is 2. The summed E-state index contributed by atoms with van der Waals surface area (Å²) in [5.74, 6) is 1.56. The Labute approximate surface area is 163 Å². The lowest BCUT2D eigenvalue weighted by Gasteiger charge is -2.11. The number of hydrogen-bond acceptors (Lipinski definition) is 6. The molecule has 2 N–H and O–H groups in total. The zero-order valence-corrected chi connectivity index (χ0v) is 15.8. The van der Waals surface area contributed by atoms with Gasteiger partial charge < -0.3 is 20.1 Å². The molecule has 0 saturated heterocycles. The molecule has 0 aliphatic rings. The molecule has 0 spiro atoms. The monoisotopic (exact) mass is 378 g/mol. The number of amides is 1. The van der Waals surface area contributed by atoms with Crippen LogP contribution in [-0.4, -0.2) is 36.9 Å². The van der Waals surface area contributed by atoms with Crippen LogP contribution in [0.1, 0.15) is 16.1 Å². The summed E-state index contributed by atoms with van der Waals surface area (Å²) in [5.41, 5.74) is 2.15. The molecular weight excluding hydrogens is 356 g/mol. The van der Waals surface area contributed by atoms with Crippen LogP contribution in [0.15, 0.2) is 60.7 Å². The average Bonchev–Trinajstić information content (AvgIpc) is 2.75. The van der Waals surface area contributed by atoms with Crippen molar-refractivity contribution in [1.82, 2.24) is 15.5 Å². The summed E-state index contributed by atoms with van der Waals surface area (Å²) in [5, 5.41) is 14.0. The zero-order valence-electron chi connectivity index (χ0n) is 15.8. The fourth-order valence-electron chi connectivity index (χ4n) is 2.62. The zero-order chi connectivity index (χ0) is 19.8. The first-order valence-electron chi connectivity index (χ1n) is 8.84. The summed E-state index contributed by atoms with van der Waals surface area (Å²) in [6.07, 6.45) is 0.761. The first kappa shape index (κ1) is 19.2. The van der Waals surface area contributed by atoms with Crippen molar-refractivity contribution in [1.29, 1.82) is 0 Å². The largest absolute Gasteiger partial charge is 0.497 e. The minimum absolute atomic E-state index is 0.253. The van der Waals surface area contributed by atoms with Gasteiger partial charge in [-0.25, -0.2) is 0 Å². The van der Waals surface area contributed by atoms with Crippen molar-refractivity contribution in [3.8, 4) is 11.5 Å². The van der Waals surface area contributed by atoms with Gasteiger partial charge in [-0.2, -0.15) is 0 Å². The highest BCUT2D eigenvalue weighted by Crippen LogP contribution is 2.30. The first-order chi connectivity index (χ1) is 13.7. The number of aromatic nitrogens is 2. The maximum Gasteiger partial charge on any atom is 0.271 e. The highest BCUT2D eigenvalue weighted by Gasteiger charge is 2.10. The maximum absolute atomic E-state index is 12.2. The van der Waals surface area contributed by atoms with Gasteiger partial charge in [0.15, 0.2) is 11.5 Å². The third-order valence-electron chi connectivity index (χ3n) is 4.11. The second kappa shape index (κ2) is 9.36. The van der Waals surface area contributed by atoms with Crippen LogP contribution in [0.2, 0.25) is 0 Å². The van der Waals surface area contributed by atoms with Crippen LogP contribution in [0.5, 0.6) is 11.5 Å². The lowest BCUT2D eigenvalue weighted by atomic mass is 10.1. The number of hydrogen-bond donors (Lipinski definition) is 2. The van der Waals surface area contributed by atoms with E-state index in [1.54, 1.807) is 32.4 Å². The van der Waals surface area contributed by atoms with Crippen LogP contribution in [-0.2, 0) is 6.42 Å². The highest BCUT2D eigenvalue weighted by molar-refractivity contribution is 5.92. The van der Waals surface area contributed by atoms with Crippen molar-refractivity contribution in [2.45, 2.75) is 6.42 Å². The van der Waals surface area contributed by atoms with E-state index in [0.29, 0.717) is 23.9 Å². The minimum Gasteiger partial charge on any atom is -0.497 e. The quantitative estimate of drug-likeness (QED) is 0.626. The smallest absolute Gasteiger partial charge is 0.271 e. The number of methoxy groups -OCH3 is 2. The van der Waals surface area contributed by atoms with Crippen LogP contribution < -0.4 is 20.1 Å². The molecule has 0 atom stereocenters. The normalized spacial score (nSPS) is 10.2. The summed E-state index contributed by atoms with van der Waals surface area (Å²) in [7, 11) is 3.17. The molecule has 0 unspecified atom stereocenters. The number of nitrogens with zero attached hydrogens (tertiary/aromatic N) is 2. The molecule has 3 rings (SSSR count). The molecule has 7 heteroatoms. The average molecular weight is 378 g/mol. The molecule has 28 heavy (non-hydrogen) atoms. The molecule has 1 heterocycles. The van der Waals surface area contributed by atoms with Gasteiger partial charge in [-0.3, -0.25) is 4.79 Å². The number of anilines is 2. The third-order valence-corrected chi connectivity index (χ3v) is 4.11. The highest BCUT2D eigenvalue weighted by atomic mass is 16.5. The summed E-state index contributed by atoms with van der Waals surface area (Å²) in [6, 6.07) is 18.7. The summed E-state index contributed by atoms with van der Waals surface area (Å²) in [4.78, 5) is 12.2. The Bertz CT molecular complexity index is 915. The Morgan fingerprint density at radius 3 is 2.46 bits per heavy atom. The first-order valence-corrected chi connectivity index (χ1v) is 8.84. The molecule has 0 aliphatic carbocycles. The molecule has 0 saturated carbocycles. The van der Waals surface area contributed by atoms with E-state index >= 15 is 0 Å². The van der Waals surface area contributed by atoms with Crippen LogP contribution >= 0.6 is 0 Å². The SMILES string of the molecule is COc1ccc(Nc2ccc(C(=O)NCCc3ccccc3)nn2)c(OC)c1. The van der Waals surface area contributed by atoms with Gasteiger partial charge in [0, 0.05) is 12.6 Å². The topological polar surface area (TPSA) is 85.4 Å². The van der Waals surface area contributed by atoms with Crippen molar-refractivity contribution >= 4 is 17.4 Å². The number of carbonyl (C=O) groups is 1. The Kier molecular flexibility index (Phi) is 6.41. The van der Waals surface area contributed by atoms with E-state index in [0.717, 1.165) is 12.1 Å². The molecule has 1 amide bonds. The molecule has 7 nitrogen and oxygen atoms in total. The van der Waals surface area contributed by atoms with E-state index in [4.69, 9.17) is 9.47 Å². The minimum atomic E-state index is -0.253. The van der Waals surface area contributed by atoms with Crippen LogP contribution in [0.4, 0.5) is 11.5 Å². The lowest BCUT2D eigenvalue weighted by molar-refractivity contribution is 0.0948. The predicted molar refractivity (Wildman–Crippen MR) is 107 cm³/mol. The van der Waals surface area contributed by atoms with E-state index in [1.807, 2.05) is 42.5 Å². The Balaban J connectivity index is 1.58. The van der Waals surface area contributed by atoms with Gasteiger partial charge in [0.2, 0.25) is 0 Å². The molecule has 0 aliphatic heterocycles. The van der Waals surface area contributed by atoms with Crippen LogP contribution in [0.3, 0.4) is 0 Å². The standard InChI is InChI=1S/C21H22N4O3/c1-27-16-8-9-17(19(14-16)28-2)23-20-11-10-18(24-25-20)21(26)22-13-12-15-6-4-3-5-7-15/h3-11,14H,12-13H2,1-2H3,(H,22,26)(H,23,25). The molecule has 3 aromatic rings. The van der Waals surface area contributed by atoms with Crippen LogP contribution in [0.25, 0.3) is 0 Å². The number of rotatable bonds is 8. The maximum atomic E-state index is 12.2. The number of carbonyl (C=O) groups excluding carboxylic acids is 1. The Morgan fingerprint density at radius 2 is 1.79 bits per heavy atom. The van der Waals surface area contributed by atoms with Crippen molar-refractivity contribution in [3.63, 3.8) is 0 Å². The van der Waals surface area contributed by atoms with E-state index in [1.165, 1.54) is 5.56 Å². The van der Waals surface area contributed by atoms with Gasteiger partial charge in [-0.1, -0.05) is 30.3 Å². The van der Waals surface area contributed by atoms with Crippen LogP contribution in [0, 0.1) is 0 Å². The third kappa shape index (κ3) is 4.97. The van der Waals surface area contributed by atoms with Gasteiger partial charge >= 0.3 is 0 Å². The van der Waals surface area contributed by atoms with Crippen molar-refractivity contribution in [2.75, 3.05) is 26.1 Å². The van der Waals surface area contributed by atoms with Gasteiger partial charge in [0.25, 0.3) is 5.91 Å². The molecule has 2 aromatic carbocycles. The summed E-state index contributed by atoms with van der Waals surface area (Å²) >= 11 is 0. The second-order valence-electron chi connectivity index (χ2n) is 5.99. The van der Waals surface area contributed by atoms with Gasteiger partial charge in [-0.05, 0) is 36.2 Å². The molecule has 0 bridgehead atoms. The fourth-order valence-corrected chi connectivity index (χ4v) is 2.62. The van der Waals surface area contributed by atoms with Crippen molar-refractivity contribution in [3.05, 3.63) is 71.9 Å². The molecule has 0 radical (unpaired) electrons. The van der Waals surface area contributed by atoms with Gasteiger partial charge in [0.05, 0.1) is 19.9 Å². The molecule has 1 aromatic heterocycles. The van der Waals surface area contributed by atoms with E-state index in [-0.39, 0.29) is 11.6 Å². The Morgan fingerprint density at radius 1 is 0.964 bits per heavy atom. The van der Waals surface area contributed by atoms with E-state index < -0.39 is 0 Å². The van der Waals surface area contributed by atoms with E-state index in [2.05, 4.69) is 20.8 Å². The molecule has 0 fully saturated rings. The fraction of sp³-hybridized carbons (Fsp3) is 0.190. The van der Waals surface area contributed by atoms with Gasteiger partial charge in [0.1, 0.15) is 11.5 Å². The summed E-state index contributed by atoms with van der Waals surface area (Å²) in [6.45, 7) is 0.535. The molecular formula is C21H22N4O3.